The average Bonchev–Trinajstić information content (AvgIpc) is 2.34. The molecule has 0 unspecified atom stereocenters. The van der Waals surface area contributed by atoms with Gasteiger partial charge in [0.25, 0.3) is 0 Å². The fraction of sp³-hybridized carbons (Fsp3) is 0.667. The average molecular weight is 145 g/mol. The van der Waals surface area contributed by atoms with Crippen molar-refractivity contribution in [3.8, 4) is 0 Å². The van der Waals surface area contributed by atoms with Gasteiger partial charge in [0, 0.05) is 0 Å². The van der Waals surface area contributed by atoms with Gasteiger partial charge in [0.05, 0.1) is 11.9 Å². The second kappa shape index (κ2) is 3.98. The quantitative estimate of drug-likeness (QED) is 0.629. The van der Waals surface area contributed by atoms with E-state index >= 15 is 0 Å². The maximum absolute atomic E-state index is 11.7. The maximum atomic E-state index is 11.7. The van der Waals surface area contributed by atoms with E-state index in [0.717, 1.165) is 12.1 Å². The second-order valence-corrected chi connectivity index (χ2v) is 1.72. The Morgan fingerprint density at radius 2 is 2.40 bits per heavy atom. The van der Waals surface area contributed by atoms with E-state index in [9.17, 15) is 4.39 Å². The molecule has 4 heteroatoms. The SMILES string of the molecule is C.CCc1cn(CF)nn1. The summed E-state index contributed by atoms with van der Waals surface area (Å²) in [5.74, 6) is 0. The third-order valence-corrected chi connectivity index (χ3v) is 1.07. The Morgan fingerprint density at radius 1 is 1.70 bits per heavy atom. The number of rotatable bonds is 2. The summed E-state index contributed by atoms with van der Waals surface area (Å²) >= 11 is 0. The van der Waals surface area contributed by atoms with Crippen LogP contribution in [0, 0.1) is 0 Å². The van der Waals surface area contributed by atoms with Crippen molar-refractivity contribution < 1.29 is 4.39 Å². The molecule has 1 aromatic heterocycles. The summed E-state index contributed by atoms with van der Waals surface area (Å²) in [5.41, 5.74) is 0.827. The van der Waals surface area contributed by atoms with Crippen LogP contribution in [0.15, 0.2) is 6.20 Å². The van der Waals surface area contributed by atoms with Gasteiger partial charge in [-0.15, -0.1) is 5.10 Å². The number of alkyl halides is 1. The number of aromatic nitrogens is 3. The molecule has 0 aliphatic rings. The number of hydrogen-bond donors (Lipinski definition) is 0. The summed E-state index contributed by atoms with van der Waals surface area (Å²) in [6.45, 7) is 1.36. The third kappa shape index (κ3) is 1.79. The van der Waals surface area contributed by atoms with Crippen molar-refractivity contribution in [1.82, 2.24) is 15.0 Å². The van der Waals surface area contributed by atoms with E-state index < -0.39 is 6.80 Å². The summed E-state index contributed by atoms with van der Waals surface area (Å²) in [4.78, 5) is 0. The zero-order chi connectivity index (χ0) is 6.69. The number of hydrogen-bond acceptors (Lipinski definition) is 2. The van der Waals surface area contributed by atoms with Crippen LogP contribution in [-0.2, 0) is 13.2 Å². The largest absolute Gasteiger partial charge is 0.225 e. The highest BCUT2D eigenvalue weighted by atomic mass is 19.1. The van der Waals surface area contributed by atoms with Crippen LogP contribution >= 0.6 is 0 Å². The van der Waals surface area contributed by atoms with Gasteiger partial charge in [0.1, 0.15) is 0 Å². The van der Waals surface area contributed by atoms with E-state index in [1.807, 2.05) is 6.92 Å². The molecular weight excluding hydrogens is 133 g/mol. The molecule has 0 saturated heterocycles. The predicted octanol–water partition coefficient (Wildman–Crippen LogP) is 1.40. The Labute approximate surface area is 59.9 Å². The molecule has 1 heterocycles. The Morgan fingerprint density at radius 3 is 2.70 bits per heavy atom. The zero-order valence-electron chi connectivity index (χ0n) is 5.21. The maximum Gasteiger partial charge on any atom is 0.183 e. The van der Waals surface area contributed by atoms with Crippen molar-refractivity contribution in [2.75, 3.05) is 0 Å². The van der Waals surface area contributed by atoms with Crippen LogP contribution in [0.3, 0.4) is 0 Å². The van der Waals surface area contributed by atoms with E-state index in [-0.39, 0.29) is 7.43 Å². The monoisotopic (exact) mass is 145 g/mol. The zero-order valence-corrected chi connectivity index (χ0v) is 5.21. The van der Waals surface area contributed by atoms with E-state index in [2.05, 4.69) is 10.3 Å². The molecule has 3 nitrogen and oxygen atoms in total. The normalized spacial score (nSPS) is 9.00. The lowest BCUT2D eigenvalue weighted by Crippen LogP contribution is -1.91. The van der Waals surface area contributed by atoms with Crippen LogP contribution in [0.4, 0.5) is 4.39 Å². The topological polar surface area (TPSA) is 30.7 Å². The van der Waals surface area contributed by atoms with E-state index in [4.69, 9.17) is 0 Å². The van der Waals surface area contributed by atoms with Crippen LogP contribution in [0.5, 0.6) is 0 Å². The Balaban J connectivity index is 0.000000810. The first-order valence-corrected chi connectivity index (χ1v) is 2.81. The van der Waals surface area contributed by atoms with Gasteiger partial charge < -0.3 is 0 Å². The molecule has 0 saturated carbocycles. The molecule has 1 aromatic rings. The molecule has 0 aliphatic heterocycles. The Bertz CT molecular complexity index is 166. The summed E-state index contributed by atoms with van der Waals surface area (Å²) in [6, 6.07) is 0. The molecule has 0 spiro atoms. The molecule has 0 radical (unpaired) electrons. The minimum absolute atomic E-state index is 0. The molecular formula is C6H12FN3. The molecule has 0 aromatic carbocycles. The fourth-order valence-corrected chi connectivity index (χ4v) is 0.559. The van der Waals surface area contributed by atoms with Crippen LogP contribution < -0.4 is 0 Å². The Kier molecular flexibility index (Phi) is 3.61. The van der Waals surface area contributed by atoms with Crippen LogP contribution in [0.1, 0.15) is 20.0 Å². The lowest BCUT2D eigenvalue weighted by Gasteiger charge is -1.83. The molecule has 0 amide bonds. The van der Waals surface area contributed by atoms with Crippen LogP contribution in [-0.4, -0.2) is 15.0 Å². The summed E-state index contributed by atoms with van der Waals surface area (Å²) in [6.07, 6.45) is 2.40. The highest BCUT2D eigenvalue weighted by Gasteiger charge is 1.94. The van der Waals surface area contributed by atoms with Crippen molar-refractivity contribution in [2.24, 2.45) is 0 Å². The predicted molar refractivity (Wildman–Crippen MR) is 37.2 cm³/mol. The van der Waals surface area contributed by atoms with Crippen molar-refractivity contribution in [3.63, 3.8) is 0 Å². The highest BCUT2D eigenvalue weighted by Crippen LogP contribution is 1.92. The van der Waals surface area contributed by atoms with Crippen LogP contribution in [0.2, 0.25) is 0 Å². The number of halogens is 1. The van der Waals surface area contributed by atoms with E-state index in [1.165, 1.54) is 4.68 Å². The van der Waals surface area contributed by atoms with Gasteiger partial charge in [-0.1, -0.05) is 19.6 Å². The molecule has 0 N–H and O–H groups in total. The summed E-state index contributed by atoms with van der Waals surface area (Å²) < 4.78 is 12.9. The van der Waals surface area contributed by atoms with Crippen molar-refractivity contribution in [2.45, 2.75) is 27.6 Å². The van der Waals surface area contributed by atoms with Gasteiger partial charge >= 0.3 is 0 Å². The van der Waals surface area contributed by atoms with E-state index in [0.29, 0.717) is 0 Å². The molecule has 0 bridgehead atoms. The van der Waals surface area contributed by atoms with Gasteiger partial charge in [-0.05, 0) is 6.42 Å². The van der Waals surface area contributed by atoms with Crippen molar-refractivity contribution in [3.05, 3.63) is 11.9 Å². The van der Waals surface area contributed by atoms with Gasteiger partial charge in [-0.2, -0.15) is 0 Å². The minimum Gasteiger partial charge on any atom is -0.225 e. The number of nitrogens with zero attached hydrogens (tertiary/aromatic N) is 3. The standard InChI is InChI=1S/C5H8FN3.CH4/c1-2-5-3-9(4-6)8-7-5;/h3H,2,4H2,1H3;1H4. The van der Waals surface area contributed by atoms with Gasteiger partial charge in [-0.3, -0.25) is 0 Å². The first-order chi connectivity index (χ1) is 4.36. The fourth-order valence-electron chi connectivity index (χ4n) is 0.559. The van der Waals surface area contributed by atoms with Crippen molar-refractivity contribution >= 4 is 0 Å². The summed E-state index contributed by atoms with van der Waals surface area (Å²) in [7, 11) is 0. The van der Waals surface area contributed by atoms with Gasteiger partial charge in [0.2, 0.25) is 0 Å². The Hall–Kier alpha value is -0.930. The highest BCUT2D eigenvalue weighted by molar-refractivity contribution is 4.90. The van der Waals surface area contributed by atoms with Gasteiger partial charge in [-0.25, -0.2) is 9.07 Å². The lowest BCUT2D eigenvalue weighted by atomic mass is 10.4. The molecule has 10 heavy (non-hydrogen) atoms. The molecule has 0 atom stereocenters. The van der Waals surface area contributed by atoms with Crippen LogP contribution in [0.25, 0.3) is 0 Å². The molecule has 58 valence electrons. The third-order valence-electron chi connectivity index (χ3n) is 1.07. The second-order valence-electron chi connectivity index (χ2n) is 1.72. The smallest absolute Gasteiger partial charge is 0.183 e. The lowest BCUT2D eigenvalue weighted by molar-refractivity contribution is 0.343. The summed E-state index contributed by atoms with van der Waals surface area (Å²) in [5, 5.41) is 7.18. The molecule has 0 aliphatic carbocycles. The van der Waals surface area contributed by atoms with E-state index in [1.54, 1.807) is 6.20 Å². The van der Waals surface area contributed by atoms with Gasteiger partial charge in [0.15, 0.2) is 6.80 Å². The minimum atomic E-state index is -0.590. The number of aryl methyl sites for hydroxylation is 1. The first-order valence-electron chi connectivity index (χ1n) is 2.81. The first kappa shape index (κ1) is 9.07. The molecule has 0 fully saturated rings. The molecule has 1 rings (SSSR count). The van der Waals surface area contributed by atoms with Crippen molar-refractivity contribution in [1.29, 1.82) is 0 Å².